The Bertz CT molecular complexity index is 1500. The number of halogens is 1. The molecule has 1 atom stereocenters. The molecule has 2 saturated heterocycles. The maximum absolute atomic E-state index is 13.7. The molecule has 0 aliphatic carbocycles. The zero-order valence-electron chi connectivity index (χ0n) is 23.2. The standard InChI is InChI=1S/C30H32FN7O4/c1-30(28(39)34-16-22-5-3-13-40-22)17-41-27(42-18-30)26-37-24(20-6-8-21(31)9-7-20)25(38-26)23-10-12-33-29(36-23)35-15-19-4-2-11-32-14-19/h2,4,6-12,14,22,27H,3,5,13,15-18H2,1H3,(H,34,39)(H,37,38)(H,33,35,36). The molecule has 42 heavy (non-hydrogen) atoms. The molecule has 3 aromatic heterocycles. The number of hydrogen-bond donors (Lipinski definition) is 3. The topological polar surface area (TPSA) is 136 Å². The first-order valence-corrected chi connectivity index (χ1v) is 13.9. The average molecular weight is 574 g/mol. The summed E-state index contributed by atoms with van der Waals surface area (Å²) in [4.78, 5) is 34.2. The van der Waals surface area contributed by atoms with Crippen LogP contribution < -0.4 is 10.6 Å². The summed E-state index contributed by atoms with van der Waals surface area (Å²) in [6.45, 7) is 3.81. The second-order valence-electron chi connectivity index (χ2n) is 10.7. The lowest BCUT2D eigenvalue weighted by molar-refractivity contribution is -0.231. The first-order chi connectivity index (χ1) is 20.5. The summed E-state index contributed by atoms with van der Waals surface area (Å²) in [7, 11) is 0. The van der Waals surface area contributed by atoms with Gasteiger partial charge in [-0.1, -0.05) is 6.07 Å². The minimum absolute atomic E-state index is 0.0509. The third-order valence-electron chi connectivity index (χ3n) is 7.32. The Morgan fingerprint density at radius 3 is 2.67 bits per heavy atom. The van der Waals surface area contributed by atoms with E-state index in [1.807, 2.05) is 19.1 Å². The van der Waals surface area contributed by atoms with Gasteiger partial charge < -0.3 is 29.8 Å². The number of pyridine rings is 1. The van der Waals surface area contributed by atoms with Gasteiger partial charge >= 0.3 is 0 Å². The number of carbonyl (C=O) groups is 1. The Balaban J connectivity index is 1.20. The number of amides is 1. The van der Waals surface area contributed by atoms with Crippen LogP contribution in [0, 0.1) is 11.2 Å². The highest BCUT2D eigenvalue weighted by atomic mass is 19.1. The van der Waals surface area contributed by atoms with Crippen LogP contribution in [-0.4, -0.2) is 63.3 Å². The minimum atomic E-state index is -0.855. The van der Waals surface area contributed by atoms with Crippen molar-refractivity contribution in [2.45, 2.75) is 38.7 Å². The van der Waals surface area contributed by atoms with Crippen molar-refractivity contribution in [1.29, 1.82) is 0 Å². The van der Waals surface area contributed by atoms with Gasteiger partial charge in [0.2, 0.25) is 18.1 Å². The Hall–Kier alpha value is -4.26. The molecule has 12 heteroatoms. The smallest absolute Gasteiger partial charge is 0.230 e. The van der Waals surface area contributed by atoms with E-state index < -0.39 is 11.7 Å². The SMILES string of the molecule is CC1(C(=O)NCC2CCCO2)COC(c2nc(-c3ccc(F)cc3)c(-c3ccnc(NCc4cccnc4)n3)[nH]2)OC1. The van der Waals surface area contributed by atoms with Crippen molar-refractivity contribution in [2.24, 2.45) is 5.41 Å². The van der Waals surface area contributed by atoms with Crippen LogP contribution in [0.1, 0.15) is 37.4 Å². The monoisotopic (exact) mass is 573 g/mol. The molecule has 4 aromatic rings. The molecule has 0 bridgehead atoms. The van der Waals surface area contributed by atoms with Crippen molar-refractivity contribution in [3.8, 4) is 22.6 Å². The van der Waals surface area contributed by atoms with Gasteiger partial charge in [0.05, 0.1) is 41.8 Å². The summed E-state index contributed by atoms with van der Waals surface area (Å²) in [6, 6.07) is 11.6. The summed E-state index contributed by atoms with van der Waals surface area (Å²) in [5, 5.41) is 6.19. The van der Waals surface area contributed by atoms with Crippen LogP contribution in [0.4, 0.5) is 10.3 Å². The molecule has 218 valence electrons. The van der Waals surface area contributed by atoms with Gasteiger partial charge in [-0.05, 0) is 61.7 Å². The highest BCUT2D eigenvalue weighted by Gasteiger charge is 2.41. The number of benzene rings is 1. The summed E-state index contributed by atoms with van der Waals surface area (Å²) in [6.07, 6.45) is 6.31. The van der Waals surface area contributed by atoms with Crippen molar-refractivity contribution in [2.75, 3.05) is 31.7 Å². The average Bonchev–Trinajstić information content (AvgIpc) is 3.71. The molecule has 5 heterocycles. The van der Waals surface area contributed by atoms with Crippen LogP contribution in [0.3, 0.4) is 0 Å². The fourth-order valence-electron chi connectivity index (χ4n) is 4.90. The van der Waals surface area contributed by atoms with Gasteiger partial charge in [0, 0.05) is 43.9 Å². The number of imidazole rings is 1. The van der Waals surface area contributed by atoms with E-state index in [-0.39, 0.29) is 31.0 Å². The van der Waals surface area contributed by atoms with E-state index in [0.29, 0.717) is 47.5 Å². The number of aromatic amines is 1. The van der Waals surface area contributed by atoms with Gasteiger partial charge in [0.25, 0.3) is 0 Å². The number of aromatic nitrogens is 5. The van der Waals surface area contributed by atoms with Crippen LogP contribution in [0.5, 0.6) is 0 Å². The van der Waals surface area contributed by atoms with Crippen molar-refractivity contribution < 1.29 is 23.4 Å². The minimum Gasteiger partial charge on any atom is -0.376 e. The number of ether oxygens (including phenoxy) is 3. The molecule has 2 aliphatic heterocycles. The molecular weight excluding hydrogens is 541 g/mol. The highest BCUT2D eigenvalue weighted by Crippen LogP contribution is 2.35. The fraction of sp³-hybridized carbons (Fsp3) is 0.367. The second kappa shape index (κ2) is 12.3. The summed E-state index contributed by atoms with van der Waals surface area (Å²) in [5.41, 5.74) is 2.54. The zero-order valence-corrected chi connectivity index (χ0v) is 23.2. The van der Waals surface area contributed by atoms with E-state index in [4.69, 9.17) is 19.2 Å². The molecule has 0 saturated carbocycles. The molecule has 2 aliphatic rings. The van der Waals surface area contributed by atoms with Crippen LogP contribution in [0.25, 0.3) is 22.6 Å². The summed E-state index contributed by atoms with van der Waals surface area (Å²) in [5.74, 6) is 0.342. The maximum Gasteiger partial charge on any atom is 0.230 e. The molecule has 0 radical (unpaired) electrons. The molecule has 0 spiro atoms. The number of rotatable bonds is 9. The lowest BCUT2D eigenvalue weighted by Crippen LogP contribution is -2.49. The van der Waals surface area contributed by atoms with E-state index >= 15 is 0 Å². The number of carbonyl (C=O) groups excluding carboxylic acids is 1. The van der Waals surface area contributed by atoms with Gasteiger partial charge in [0.1, 0.15) is 5.82 Å². The van der Waals surface area contributed by atoms with E-state index in [1.54, 1.807) is 36.8 Å². The maximum atomic E-state index is 13.7. The quantitative estimate of drug-likeness (QED) is 0.271. The Morgan fingerprint density at radius 1 is 1.10 bits per heavy atom. The van der Waals surface area contributed by atoms with Crippen molar-refractivity contribution >= 4 is 11.9 Å². The molecule has 2 fully saturated rings. The van der Waals surface area contributed by atoms with Crippen LogP contribution in [0.2, 0.25) is 0 Å². The van der Waals surface area contributed by atoms with Crippen LogP contribution in [0.15, 0.2) is 61.1 Å². The van der Waals surface area contributed by atoms with Gasteiger partial charge in [-0.2, -0.15) is 0 Å². The van der Waals surface area contributed by atoms with Crippen molar-refractivity contribution in [3.63, 3.8) is 0 Å². The first-order valence-electron chi connectivity index (χ1n) is 13.9. The molecular formula is C30H32FN7O4. The van der Waals surface area contributed by atoms with Crippen LogP contribution in [-0.2, 0) is 25.5 Å². The zero-order chi connectivity index (χ0) is 28.9. The molecule has 3 N–H and O–H groups in total. The largest absolute Gasteiger partial charge is 0.376 e. The summed E-state index contributed by atoms with van der Waals surface area (Å²) >= 11 is 0. The van der Waals surface area contributed by atoms with Gasteiger partial charge in [-0.25, -0.2) is 19.3 Å². The number of nitrogens with zero attached hydrogens (tertiary/aromatic N) is 4. The summed E-state index contributed by atoms with van der Waals surface area (Å²) < 4.78 is 31.4. The molecule has 1 amide bonds. The van der Waals surface area contributed by atoms with E-state index in [0.717, 1.165) is 25.0 Å². The predicted molar refractivity (Wildman–Crippen MR) is 151 cm³/mol. The number of nitrogens with one attached hydrogen (secondary N) is 3. The van der Waals surface area contributed by atoms with Crippen molar-refractivity contribution in [1.82, 2.24) is 30.2 Å². The van der Waals surface area contributed by atoms with Gasteiger partial charge in [-0.3, -0.25) is 9.78 Å². The Labute approximate surface area is 242 Å². The first kappa shape index (κ1) is 27.9. The van der Waals surface area contributed by atoms with E-state index in [9.17, 15) is 9.18 Å². The Morgan fingerprint density at radius 2 is 1.93 bits per heavy atom. The molecule has 1 unspecified atom stereocenters. The predicted octanol–water partition coefficient (Wildman–Crippen LogP) is 4.03. The normalized spacial score (nSPS) is 22.1. The van der Waals surface area contributed by atoms with Gasteiger partial charge in [0.15, 0.2) is 5.82 Å². The lowest BCUT2D eigenvalue weighted by Gasteiger charge is -2.35. The van der Waals surface area contributed by atoms with Crippen LogP contribution >= 0.6 is 0 Å². The number of anilines is 1. The lowest BCUT2D eigenvalue weighted by atomic mass is 9.91. The fourth-order valence-corrected chi connectivity index (χ4v) is 4.90. The van der Waals surface area contributed by atoms with Crippen molar-refractivity contribution in [3.05, 3.63) is 78.3 Å². The number of H-pyrrole nitrogens is 1. The third kappa shape index (κ3) is 6.30. The molecule has 11 nitrogen and oxygen atoms in total. The number of hydrogen-bond acceptors (Lipinski definition) is 9. The third-order valence-corrected chi connectivity index (χ3v) is 7.32. The highest BCUT2D eigenvalue weighted by molar-refractivity contribution is 5.82. The molecule has 6 rings (SSSR count). The Kier molecular flexibility index (Phi) is 8.17. The van der Waals surface area contributed by atoms with E-state index in [2.05, 4.69) is 30.6 Å². The van der Waals surface area contributed by atoms with Gasteiger partial charge in [-0.15, -0.1) is 0 Å². The van der Waals surface area contributed by atoms with E-state index in [1.165, 1.54) is 12.1 Å². The second-order valence-corrected chi connectivity index (χ2v) is 10.7. The molecule has 1 aromatic carbocycles.